The Morgan fingerprint density at radius 3 is 2.48 bits per heavy atom. The highest BCUT2D eigenvalue weighted by atomic mass is 32.1. The molecule has 1 aliphatic heterocycles. The molecule has 0 atom stereocenters. The number of fused-ring (bicyclic) bond motifs is 1. The maximum atomic E-state index is 13.5. The van der Waals surface area contributed by atoms with E-state index < -0.39 is 5.60 Å². The lowest BCUT2D eigenvalue weighted by Gasteiger charge is -2.34. The van der Waals surface area contributed by atoms with Crippen molar-refractivity contribution in [2.45, 2.75) is 51.2 Å². The first-order chi connectivity index (χ1) is 20.1. The van der Waals surface area contributed by atoms with E-state index in [9.17, 15) is 19.6 Å². The van der Waals surface area contributed by atoms with Crippen LogP contribution in [0.15, 0.2) is 36.5 Å². The molecular weight excluding hydrogens is 555 g/mol. The molecule has 1 saturated carbocycles. The fraction of sp³-hybridized carbons (Fsp3) is 0.433. The topological polar surface area (TPSA) is 114 Å². The molecule has 0 bridgehead atoms. The Morgan fingerprint density at radius 1 is 1.17 bits per heavy atom. The van der Waals surface area contributed by atoms with Crippen LogP contribution in [0.5, 0.6) is 0 Å². The molecule has 1 N–H and O–H groups in total. The number of carbonyl (C=O) groups excluding carboxylic acids is 1. The quantitative estimate of drug-likeness (QED) is 0.340. The number of pyridine rings is 1. The molecule has 2 fully saturated rings. The number of nitriles is 1. The first-order valence-corrected chi connectivity index (χ1v) is 15.0. The van der Waals surface area contributed by atoms with Crippen LogP contribution in [0, 0.1) is 17.1 Å². The Labute approximate surface area is 247 Å². The summed E-state index contributed by atoms with van der Waals surface area (Å²) in [5.41, 5.74) is 1.48. The largest absolute Gasteiger partial charge is 0.381 e. The van der Waals surface area contributed by atoms with Crippen molar-refractivity contribution in [1.82, 2.24) is 24.6 Å². The number of hydrogen-bond acceptors (Lipinski definition) is 9. The molecule has 218 valence electrons. The van der Waals surface area contributed by atoms with E-state index in [1.54, 1.807) is 17.0 Å². The predicted molar refractivity (Wildman–Crippen MR) is 160 cm³/mol. The van der Waals surface area contributed by atoms with Gasteiger partial charge >= 0.3 is 0 Å². The highest BCUT2D eigenvalue weighted by Crippen LogP contribution is 2.44. The monoisotopic (exact) mass is 588 g/mol. The summed E-state index contributed by atoms with van der Waals surface area (Å²) in [4.78, 5) is 28.7. The fourth-order valence-electron chi connectivity index (χ4n) is 5.44. The molecule has 42 heavy (non-hydrogen) atoms. The lowest BCUT2D eigenvalue weighted by molar-refractivity contribution is -0.148. The van der Waals surface area contributed by atoms with Crippen LogP contribution < -0.4 is 9.80 Å². The number of benzene rings is 1. The summed E-state index contributed by atoms with van der Waals surface area (Å²) in [5.74, 6) is 0.302. The standard InChI is InChI=1S/C30H33FN8O2S/c1-30(2,41)28(40)38-14-4-12-37(13-5-15-38)22-16-23-26(33-18-22)35-39(21-10-11-21)27(23)36(3)29-34-25(24(17-32)42-29)19-6-8-20(31)9-7-19/h6-9,16,18,21,41H,4-5,10-15H2,1-3H3. The summed E-state index contributed by atoms with van der Waals surface area (Å²) >= 11 is 1.29. The molecule has 1 saturated heterocycles. The average molecular weight is 589 g/mol. The Morgan fingerprint density at radius 2 is 1.86 bits per heavy atom. The summed E-state index contributed by atoms with van der Waals surface area (Å²) in [5, 5.41) is 26.4. The number of nitrogens with zero attached hydrogens (tertiary/aromatic N) is 8. The zero-order valence-electron chi connectivity index (χ0n) is 23.9. The molecule has 1 aromatic carbocycles. The fourth-order valence-corrected chi connectivity index (χ4v) is 6.29. The first-order valence-electron chi connectivity index (χ1n) is 14.2. The van der Waals surface area contributed by atoms with E-state index in [-0.39, 0.29) is 17.8 Å². The van der Waals surface area contributed by atoms with Gasteiger partial charge in [-0.2, -0.15) is 10.4 Å². The molecule has 3 aromatic heterocycles. The van der Waals surface area contributed by atoms with Crippen LogP contribution in [-0.4, -0.2) is 74.5 Å². The lowest BCUT2D eigenvalue weighted by atomic mass is 10.1. The van der Waals surface area contributed by atoms with Crippen LogP contribution in [0.2, 0.25) is 0 Å². The zero-order chi connectivity index (χ0) is 29.6. The molecule has 4 aromatic rings. The molecule has 0 unspecified atom stereocenters. The molecule has 10 nitrogen and oxygen atoms in total. The van der Waals surface area contributed by atoms with Crippen LogP contribution in [0.4, 0.5) is 21.0 Å². The molecule has 2 aliphatic rings. The van der Waals surface area contributed by atoms with Crippen LogP contribution in [0.25, 0.3) is 22.3 Å². The maximum absolute atomic E-state index is 13.5. The van der Waals surface area contributed by atoms with Crippen molar-refractivity contribution < 1.29 is 14.3 Å². The van der Waals surface area contributed by atoms with Gasteiger partial charge in [-0.3, -0.25) is 4.79 Å². The van der Waals surface area contributed by atoms with E-state index in [2.05, 4.69) is 17.0 Å². The summed E-state index contributed by atoms with van der Waals surface area (Å²) in [6, 6.07) is 10.7. The average Bonchev–Trinajstić information content (AvgIpc) is 3.59. The van der Waals surface area contributed by atoms with Crippen molar-refractivity contribution >= 4 is 44.9 Å². The molecular formula is C30H33FN8O2S. The van der Waals surface area contributed by atoms with Crippen LogP contribution in [0.3, 0.4) is 0 Å². The number of hydrogen-bond donors (Lipinski definition) is 1. The maximum Gasteiger partial charge on any atom is 0.253 e. The van der Waals surface area contributed by atoms with Crippen LogP contribution >= 0.6 is 11.3 Å². The lowest BCUT2D eigenvalue weighted by Crippen LogP contribution is -2.48. The minimum Gasteiger partial charge on any atom is -0.381 e. The number of aliphatic hydroxyl groups is 1. The van der Waals surface area contributed by atoms with Crippen molar-refractivity contribution in [3.63, 3.8) is 0 Å². The summed E-state index contributed by atoms with van der Waals surface area (Å²) in [6.07, 6.45) is 5.49. The summed E-state index contributed by atoms with van der Waals surface area (Å²) < 4.78 is 15.6. The minimum atomic E-state index is -1.37. The van der Waals surface area contributed by atoms with Crippen molar-refractivity contribution in [2.24, 2.45) is 0 Å². The zero-order valence-corrected chi connectivity index (χ0v) is 24.7. The van der Waals surface area contributed by atoms with Crippen LogP contribution in [-0.2, 0) is 4.79 Å². The number of carbonyl (C=O) groups is 1. The summed E-state index contributed by atoms with van der Waals surface area (Å²) in [6.45, 7) is 5.75. The second kappa shape index (κ2) is 11.0. The van der Waals surface area contributed by atoms with Gasteiger partial charge in [0.1, 0.15) is 33.9 Å². The van der Waals surface area contributed by atoms with Gasteiger partial charge < -0.3 is 19.8 Å². The molecule has 1 amide bonds. The molecule has 6 rings (SSSR count). The van der Waals surface area contributed by atoms with Gasteiger partial charge in [-0.05, 0) is 69.9 Å². The van der Waals surface area contributed by atoms with Gasteiger partial charge in [0, 0.05) is 38.8 Å². The van der Waals surface area contributed by atoms with E-state index >= 15 is 0 Å². The SMILES string of the molecule is CN(c1nc(-c2ccc(F)cc2)c(C#N)s1)c1c2cc(N3CCCN(C(=O)C(C)(C)O)CCC3)cnc2nn1C1CC1. The molecule has 0 spiro atoms. The van der Waals surface area contributed by atoms with Crippen molar-refractivity contribution in [3.05, 3.63) is 47.2 Å². The normalized spacial score (nSPS) is 16.3. The highest BCUT2D eigenvalue weighted by Gasteiger charge is 2.32. The van der Waals surface area contributed by atoms with Crippen LogP contribution in [0.1, 0.15) is 50.4 Å². The number of amides is 1. The number of halogens is 1. The highest BCUT2D eigenvalue weighted by molar-refractivity contribution is 7.16. The van der Waals surface area contributed by atoms with E-state index in [1.165, 1.54) is 37.3 Å². The van der Waals surface area contributed by atoms with E-state index in [4.69, 9.17) is 15.1 Å². The van der Waals surface area contributed by atoms with E-state index in [0.29, 0.717) is 40.0 Å². The minimum absolute atomic E-state index is 0.233. The van der Waals surface area contributed by atoms with E-state index in [1.807, 2.05) is 22.8 Å². The second-order valence-electron chi connectivity index (χ2n) is 11.5. The van der Waals surface area contributed by atoms with E-state index in [0.717, 1.165) is 55.7 Å². The molecule has 4 heterocycles. The van der Waals surface area contributed by atoms with Gasteiger partial charge in [0.05, 0.1) is 23.3 Å². The Bertz CT molecular complexity index is 1660. The molecule has 1 aliphatic carbocycles. The van der Waals surface area contributed by atoms with Gasteiger partial charge in [0.15, 0.2) is 10.8 Å². The predicted octanol–water partition coefficient (Wildman–Crippen LogP) is 4.87. The summed E-state index contributed by atoms with van der Waals surface area (Å²) in [7, 11) is 1.93. The Kier molecular flexibility index (Phi) is 7.32. The Hall–Kier alpha value is -4.08. The number of anilines is 3. The number of aromatic nitrogens is 4. The van der Waals surface area contributed by atoms with Gasteiger partial charge in [0.25, 0.3) is 5.91 Å². The van der Waals surface area contributed by atoms with Gasteiger partial charge in [0.2, 0.25) is 0 Å². The second-order valence-corrected chi connectivity index (χ2v) is 12.4. The first kappa shape index (κ1) is 28.1. The third kappa shape index (κ3) is 5.42. The van der Waals surface area contributed by atoms with Gasteiger partial charge in [-0.25, -0.2) is 19.0 Å². The van der Waals surface area contributed by atoms with Gasteiger partial charge in [-0.15, -0.1) is 0 Å². The van der Waals surface area contributed by atoms with Crippen molar-refractivity contribution in [3.8, 4) is 17.3 Å². The van der Waals surface area contributed by atoms with Gasteiger partial charge in [-0.1, -0.05) is 11.3 Å². The third-order valence-electron chi connectivity index (χ3n) is 7.73. The third-order valence-corrected chi connectivity index (χ3v) is 8.77. The van der Waals surface area contributed by atoms with Crippen molar-refractivity contribution in [1.29, 1.82) is 5.26 Å². The Balaban J connectivity index is 1.31. The molecule has 12 heteroatoms. The number of rotatable bonds is 6. The molecule has 0 radical (unpaired) electrons. The van der Waals surface area contributed by atoms with Crippen molar-refractivity contribution in [2.75, 3.05) is 43.0 Å². The number of thiazole rings is 1. The smallest absolute Gasteiger partial charge is 0.253 e.